The average Bonchev–Trinajstić information content (AvgIpc) is 3.44. The molecule has 0 bridgehead atoms. The van der Waals surface area contributed by atoms with Crippen molar-refractivity contribution in [3.8, 4) is 0 Å². The van der Waals surface area contributed by atoms with Gasteiger partial charge < -0.3 is 15.0 Å². The van der Waals surface area contributed by atoms with Gasteiger partial charge in [-0.05, 0) is 44.2 Å². The summed E-state index contributed by atoms with van der Waals surface area (Å²) in [4.78, 5) is 17.9. The van der Waals surface area contributed by atoms with Gasteiger partial charge in [-0.15, -0.1) is 0 Å². The molecule has 2 N–H and O–H groups in total. The van der Waals surface area contributed by atoms with Gasteiger partial charge in [0.25, 0.3) is 0 Å². The third-order valence-corrected chi connectivity index (χ3v) is 6.14. The minimum atomic E-state index is 0.300. The number of imidazole rings is 1. The number of ether oxygens (including phenoxy) is 1. The Morgan fingerprint density at radius 2 is 2.00 bits per heavy atom. The van der Waals surface area contributed by atoms with Gasteiger partial charge in [-0.3, -0.25) is 0 Å². The molecule has 2 aliphatic rings. The largest absolute Gasteiger partial charge is 0.381 e. The Hall–Kier alpha value is -3.00. The minimum absolute atomic E-state index is 0.300. The van der Waals surface area contributed by atoms with Crippen molar-refractivity contribution in [3.63, 3.8) is 0 Å². The molecule has 3 aromatic heterocycles. The van der Waals surface area contributed by atoms with Gasteiger partial charge >= 0.3 is 0 Å². The van der Waals surface area contributed by atoms with Gasteiger partial charge in [0, 0.05) is 25.3 Å². The number of hydrogen-bond acceptors (Lipinski definition) is 6. The van der Waals surface area contributed by atoms with Crippen LogP contribution in [0.15, 0.2) is 24.4 Å². The smallest absolute Gasteiger partial charge is 0.179 e. The zero-order valence-electron chi connectivity index (χ0n) is 17.1. The summed E-state index contributed by atoms with van der Waals surface area (Å²) < 4.78 is 7.62. The van der Waals surface area contributed by atoms with E-state index in [0.717, 1.165) is 65.6 Å². The normalized spacial score (nSPS) is 17.8. The number of rotatable bonds is 5. The second-order valence-electron chi connectivity index (χ2n) is 8.39. The van der Waals surface area contributed by atoms with E-state index in [1.165, 1.54) is 18.4 Å². The Balaban J connectivity index is 1.34. The topological polar surface area (TPSA) is 93.5 Å². The van der Waals surface area contributed by atoms with Crippen LogP contribution in [0.5, 0.6) is 0 Å². The number of hydrogen-bond donors (Lipinski definition) is 2. The van der Waals surface area contributed by atoms with Gasteiger partial charge in [0.1, 0.15) is 5.82 Å². The van der Waals surface area contributed by atoms with Gasteiger partial charge in [0.15, 0.2) is 17.0 Å². The first-order valence-corrected chi connectivity index (χ1v) is 10.8. The maximum absolute atomic E-state index is 5.55. The van der Waals surface area contributed by atoms with Crippen molar-refractivity contribution in [1.29, 1.82) is 0 Å². The maximum atomic E-state index is 5.55. The predicted molar refractivity (Wildman–Crippen MR) is 115 cm³/mol. The first-order valence-electron chi connectivity index (χ1n) is 10.8. The molecule has 1 aliphatic heterocycles. The molecule has 1 saturated carbocycles. The molecular weight excluding hydrogens is 378 g/mol. The number of H-pyrrole nitrogens is 1. The number of fused-ring (bicyclic) bond motifs is 2. The lowest BCUT2D eigenvalue weighted by Gasteiger charge is -2.22. The highest BCUT2D eigenvalue weighted by Gasteiger charge is 2.28. The highest BCUT2D eigenvalue weighted by Crippen LogP contribution is 2.39. The van der Waals surface area contributed by atoms with Gasteiger partial charge in [0.2, 0.25) is 0 Å². The standard InChI is InChI=1S/C22H25N7O/c1-13-3-2-4-16-19(13)27-18(25-16)12-24-21-20-22(26-17(11-23-20)14-5-6-14)29(28-21)15-7-9-30-10-8-15/h2-4,11,14-15H,5-10,12H2,1H3,(H,24,28)(H,25,27). The van der Waals surface area contributed by atoms with Crippen molar-refractivity contribution in [2.75, 3.05) is 18.5 Å². The summed E-state index contributed by atoms with van der Waals surface area (Å²) in [5.74, 6) is 2.22. The van der Waals surface area contributed by atoms with Crippen molar-refractivity contribution < 1.29 is 4.74 Å². The summed E-state index contributed by atoms with van der Waals surface area (Å²) in [7, 11) is 0. The van der Waals surface area contributed by atoms with Crippen LogP contribution < -0.4 is 5.32 Å². The van der Waals surface area contributed by atoms with Gasteiger partial charge in [-0.1, -0.05) is 12.1 Å². The average molecular weight is 403 g/mol. The van der Waals surface area contributed by atoms with Crippen molar-refractivity contribution in [2.45, 2.75) is 51.1 Å². The number of nitrogens with one attached hydrogen (secondary N) is 2. The van der Waals surface area contributed by atoms with Gasteiger partial charge in [-0.2, -0.15) is 5.10 Å². The Morgan fingerprint density at radius 1 is 1.13 bits per heavy atom. The number of aromatic nitrogens is 6. The minimum Gasteiger partial charge on any atom is -0.381 e. The van der Waals surface area contributed by atoms with E-state index >= 15 is 0 Å². The molecule has 0 radical (unpaired) electrons. The molecule has 0 unspecified atom stereocenters. The molecule has 6 rings (SSSR count). The molecule has 30 heavy (non-hydrogen) atoms. The van der Waals surface area contributed by atoms with Crippen LogP contribution >= 0.6 is 0 Å². The molecule has 1 aromatic carbocycles. The lowest BCUT2D eigenvalue weighted by Crippen LogP contribution is -2.21. The van der Waals surface area contributed by atoms with Crippen LogP contribution in [0.3, 0.4) is 0 Å². The van der Waals surface area contributed by atoms with Crippen LogP contribution in [-0.2, 0) is 11.3 Å². The van der Waals surface area contributed by atoms with Gasteiger partial charge in [0.05, 0.1) is 29.3 Å². The zero-order chi connectivity index (χ0) is 20.1. The van der Waals surface area contributed by atoms with E-state index in [-0.39, 0.29) is 0 Å². The second-order valence-corrected chi connectivity index (χ2v) is 8.39. The molecular formula is C22H25N7O. The number of aryl methyl sites for hydroxylation is 1. The van der Waals surface area contributed by atoms with Crippen molar-refractivity contribution >= 4 is 28.0 Å². The molecule has 0 amide bonds. The Labute approximate surface area is 174 Å². The van der Waals surface area contributed by atoms with E-state index in [4.69, 9.17) is 24.8 Å². The summed E-state index contributed by atoms with van der Waals surface area (Å²) in [5.41, 5.74) is 6.05. The fraction of sp³-hybridized carbons (Fsp3) is 0.455. The zero-order valence-corrected chi connectivity index (χ0v) is 17.1. The summed E-state index contributed by atoms with van der Waals surface area (Å²) in [6.07, 6.45) is 6.25. The van der Waals surface area contributed by atoms with Crippen LogP contribution in [0.1, 0.15) is 54.7 Å². The lowest BCUT2D eigenvalue weighted by atomic mass is 10.1. The number of nitrogens with zero attached hydrogens (tertiary/aromatic N) is 5. The molecule has 8 nitrogen and oxygen atoms in total. The first kappa shape index (κ1) is 17.8. The molecule has 0 spiro atoms. The van der Waals surface area contributed by atoms with Crippen molar-refractivity contribution in [1.82, 2.24) is 29.7 Å². The lowest BCUT2D eigenvalue weighted by molar-refractivity contribution is 0.0674. The molecule has 4 aromatic rings. The second kappa shape index (κ2) is 7.05. The van der Waals surface area contributed by atoms with Crippen LogP contribution in [0, 0.1) is 6.92 Å². The first-order chi connectivity index (χ1) is 14.8. The maximum Gasteiger partial charge on any atom is 0.179 e. The SMILES string of the molecule is Cc1cccc2[nH]c(CNc3nn(C4CCOCC4)c4nc(C5CC5)cnc34)nc12. The molecule has 2 fully saturated rings. The summed E-state index contributed by atoms with van der Waals surface area (Å²) in [6.45, 7) is 4.17. The van der Waals surface area contributed by atoms with Crippen LogP contribution in [-0.4, -0.2) is 42.9 Å². The van der Waals surface area contributed by atoms with Crippen molar-refractivity contribution in [3.05, 3.63) is 41.5 Å². The Bertz CT molecular complexity index is 1220. The third-order valence-electron chi connectivity index (χ3n) is 6.14. The fourth-order valence-corrected chi connectivity index (χ4v) is 4.28. The molecule has 4 heterocycles. The summed E-state index contributed by atoms with van der Waals surface area (Å²) in [6, 6.07) is 6.48. The third kappa shape index (κ3) is 3.11. The van der Waals surface area contributed by atoms with E-state index < -0.39 is 0 Å². The van der Waals surface area contributed by atoms with E-state index in [1.54, 1.807) is 0 Å². The molecule has 0 atom stereocenters. The number of aromatic amines is 1. The predicted octanol–water partition coefficient (Wildman–Crippen LogP) is 3.85. The molecule has 8 heteroatoms. The van der Waals surface area contributed by atoms with Gasteiger partial charge in [-0.25, -0.2) is 19.6 Å². The van der Waals surface area contributed by atoms with Crippen LogP contribution in [0.4, 0.5) is 5.82 Å². The van der Waals surface area contributed by atoms with E-state index in [9.17, 15) is 0 Å². The molecule has 154 valence electrons. The van der Waals surface area contributed by atoms with E-state index in [2.05, 4.69) is 34.0 Å². The van der Waals surface area contributed by atoms with Crippen LogP contribution in [0.25, 0.3) is 22.2 Å². The highest BCUT2D eigenvalue weighted by atomic mass is 16.5. The fourth-order valence-electron chi connectivity index (χ4n) is 4.28. The highest BCUT2D eigenvalue weighted by molar-refractivity contribution is 5.83. The number of benzene rings is 1. The quantitative estimate of drug-likeness (QED) is 0.526. The Morgan fingerprint density at radius 3 is 2.80 bits per heavy atom. The van der Waals surface area contributed by atoms with E-state index in [1.807, 2.05) is 12.3 Å². The number of anilines is 1. The Kier molecular flexibility index (Phi) is 4.19. The van der Waals surface area contributed by atoms with Crippen LogP contribution in [0.2, 0.25) is 0 Å². The monoisotopic (exact) mass is 403 g/mol. The molecule has 1 aliphatic carbocycles. The van der Waals surface area contributed by atoms with E-state index in [0.29, 0.717) is 18.5 Å². The summed E-state index contributed by atoms with van der Waals surface area (Å²) in [5, 5.41) is 8.35. The molecule has 1 saturated heterocycles. The van der Waals surface area contributed by atoms with Crippen molar-refractivity contribution in [2.24, 2.45) is 0 Å². The summed E-state index contributed by atoms with van der Waals surface area (Å²) >= 11 is 0. The number of para-hydroxylation sites is 1.